The van der Waals surface area contributed by atoms with Crippen LogP contribution in [-0.4, -0.2) is 63.5 Å². The number of benzene rings is 2. The van der Waals surface area contributed by atoms with E-state index in [0.29, 0.717) is 25.1 Å². The monoisotopic (exact) mass is 416 g/mol. The maximum atomic E-state index is 12.6. The average molecular weight is 416 g/mol. The van der Waals surface area contributed by atoms with Crippen molar-refractivity contribution >= 4 is 19.0 Å². The van der Waals surface area contributed by atoms with Crippen LogP contribution in [0.4, 0.5) is 0 Å². The predicted molar refractivity (Wildman–Crippen MR) is 110 cm³/mol. The molecule has 0 radical (unpaired) electrons. The van der Waals surface area contributed by atoms with Gasteiger partial charge in [-0.1, -0.05) is 24.3 Å². The van der Waals surface area contributed by atoms with E-state index in [9.17, 15) is 24.7 Å². The van der Waals surface area contributed by atoms with Crippen molar-refractivity contribution in [2.24, 2.45) is 0 Å². The molecule has 0 bridgehead atoms. The molecule has 9 nitrogen and oxygen atoms in total. The number of hydrogen-bond donors (Lipinski definition) is 7. The van der Waals surface area contributed by atoms with Crippen LogP contribution < -0.4 is 10.6 Å². The quantitative estimate of drug-likeness (QED) is 0.198. The largest absolute Gasteiger partial charge is 0.507 e. The van der Waals surface area contributed by atoms with E-state index in [1.165, 1.54) is 18.2 Å². The van der Waals surface area contributed by atoms with Crippen LogP contribution in [0.15, 0.2) is 42.5 Å². The minimum absolute atomic E-state index is 0.0885. The molecule has 7 N–H and O–H groups in total. The second kappa shape index (κ2) is 11.3. The first kappa shape index (κ1) is 23.4. The molecule has 0 saturated heterocycles. The first-order chi connectivity index (χ1) is 14.3. The summed E-state index contributed by atoms with van der Waals surface area (Å²) < 4.78 is 0. The van der Waals surface area contributed by atoms with E-state index in [1.807, 2.05) is 6.07 Å². The normalized spacial score (nSPS) is 11.7. The molecule has 2 rings (SSSR count). The number of carbonyl (C=O) groups excluding carboxylic acids is 1. The molecule has 0 unspecified atom stereocenters. The summed E-state index contributed by atoms with van der Waals surface area (Å²) in [7, 11) is -1.93. The summed E-state index contributed by atoms with van der Waals surface area (Å²) in [5, 5.41) is 53.0. The van der Waals surface area contributed by atoms with Gasteiger partial charge in [0.25, 0.3) is 5.91 Å². The number of aromatic carboxylic acids is 1. The highest BCUT2D eigenvalue weighted by Gasteiger charge is 2.28. The maximum absolute atomic E-state index is 12.6. The summed E-state index contributed by atoms with van der Waals surface area (Å²) in [6.07, 6.45) is 0.435. The molecule has 2 aromatic carbocycles. The van der Waals surface area contributed by atoms with Crippen molar-refractivity contribution in [1.29, 1.82) is 0 Å². The Hall–Kier alpha value is -2.92. The second-order valence-corrected chi connectivity index (χ2v) is 6.77. The van der Waals surface area contributed by atoms with Crippen molar-refractivity contribution in [2.45, 2.75) is 25.3 Å². The minimum Gasteiger partial charge on any atom is -0.507 e. The Bertz CT molecular complexity index is 876. The van der Waals surface area contributed by atoms with Gasteiger partial charge in [-0.3, -0.25) is 4.79 Å². The van der Waals surface area contributed by atoms with Crippen LogP contribution in [-0.2, 0) is 13.0 Å². The Morgan fingerprint density at radius 3 is 2.50 bits per heavy atom. The van der Waals surface area contributed by atoms with E-state index in [0.717, 1.165) is 5.56 Å². The highest BCUT2D eigenvalue weighted by Crippen LogP contribution is 2.24. The fourth-order valence-electron chi connectivity index (χ4n) is 2.91. The van der Waals surface area contributed by atoms with Crippen molar-refractivity contribution in [3.8, 4) is 5.75 Å². The lowest BCUT2D eigenvalue weighted by Gasteiger charge is -2.19. The molecule has 0 aliphatic heterocycles. The lowest BCUT2D eigenvalue weighted by atomic mass is 9.75. The molecule has 160 valence electrons. The number of hydrogen-bond acceptors (Lipinski definition) is 7. The number of carbonyl (C=O) groups is 2. The zero-order valence-electron chi connectivity index (χ0n) is 16.3. The third kappa shape index (κ3) is 6.56. The van der Waals surface area contributed by atoms with Crippen molar-refractivity contribution in [3.05, 3.63) is 64.7 Å². The second-order valence-electron chi connectivity index (χ2n) is 6.77. The van der Waals surface area contributed by atoms with Gasteiger partial charge >= 0.3 is 13.1 Å². The Morgan fingerprint density at radius 2 is 1.83 bits per heavy atom. The summed E-state index contributed by atoms with van der Waals surface area (Å²) in [6.45, 7) is 1.22. The molecule has 0 fully saturated rings. The Labute approximate surface area is 174 Å². The van der Waals surface area contributed by atoms with E-state index in [2.05, 4.69) is 10.6 Å². The molecule has 0 heterocycles. The van der Waals surface area contributed by atoms with E-state index < -0.39 is 30.7 Å². The number of aliphatic hydroxyl groups is 1. The van der Waals surface area contributed by atoms with E-state index in [-0.39, 0.29) is 24.2 Å². The molecule has 0 saturated carbocycles. The van der Waals surface area contributed by atoms with Crippen LogP contribution in [0.25, 0.3) is 0 Å². The van der Waals surface area contributed by atoms with Crippen LogP contribution in [0, 0.1) is 0 Å². The number of phenols is 1. The minimum atomic E-state index is -1.93. The van der Waals surface area contributed by atoms with Gasteiger partial charge in [0.15, 0.2) is 0 Å². The number of aliphatic hydroxyl groups excluding tert-OH is 1. The van der Waals surface area contributed by atoms with Gasteiger partial charge in [-0.15, -0.1) is 0 Å². The van der Waals surface area contributed by atoms with Gasteiger partial charge in [0, 0.05) is 18.7 Å². The fourth-order valence-corrected chi connectivity index (χ4v) is 2.91. The van der Waals surface area contributed by atoms with Crippen LogP contribution in [0.1, 0.15) is 38.3 Å². The number of rotatable bonds is 11. The van der Waals surface area contributed by atoms with Crippen LogP contribution in [0.5, 0.6) is 5.75 Å². The summed E-state index contributed by atoms with van der Waals surface area (Å²) >= 11 is 0. The zero-order chi connectivity index (χ0) is 22.1. The average Bonchev–Trinajstić information content (AvgIpc) is 2.72. The van der Waals surface area contributed by atoms with Crippen LogP contribution in [0.2, 0.25) is 0 Å². The van der Waals surface area contributed by atoms with Crippen molar-refractivity contribution in [1.82, 2.24) is 10.6 Å². The first-order valence-corrected chi connectivity index (χ1v) is 9.45. The summed E-state index contributed by atoms with van der Waals surface area (Å²) in [6, 6.07) is 10.9. The molecular weight excluding hydrogens is 391 g/mol. The SMILES string of the molecule is O=C(N[C@@H](Cc1cccc(C(=O)O)c1O)B(O)O)c1cccc(CNCCCO)c1. The van der Waals surface area contributed by atoms with Crippen LogP contribution in [0.3, 0.4) is 0 Å². The number of aromatic hydroxyl groups is 1. The molecule has 2 aromatic rings. The molecule has 10 heteroatoms. The fraction of sp³-hybridized carbons (Fsp3) is 0.300. The van der Waals surface area contributed by atoms with Gasteiger partial charge in [0.2, 0.25) is 0 Å². The molecule has 0 aliphatic carbocycles. The third-order valence-electron chi connectivity index (χ3n) is 4.50. The number of para-hydroxylation sites is 1. The number of nitrogens with one attached hydrogen (secondary N) is 2. The maximum Gasteiger partial charge on any atom is 0.475 e. The Morgan fingerprint density at radius 1 is 1.10 bits per heavy atom. The molecule has 1 atom stereocenters. The molecule has 0 spiro atoms. The Balaban J connectivity index is 2.09. The zero-order valence-corrected chi connectivity index (χ0v) is 16.3. The van der Waals surface area contributed by atoms with E-state index in [1.54, 1.807) is 18.2 Å². The predicted octanol–water partition coefficient (Wildman–Crippen LogP) is -0.0845. The van der Waals surface area contributed by atoms with Crippen molar-refractivity contribution in [3.63, 3.8) is 0 Å². The lowest BCUT2D eigenvalue weighted by Crippen LogP contribution is -2.48. The van der Waals surface area contributed by atoms with Gasteiger partial charge < -0.3 is 36.0 Å². The highest BCUT2D eigenvalue weighted by molar-refractivity contribution is 6.43. The van der Waals surface area contributed by atoms with Crippen molar-refractivity contribution < 1.29 is 35.0 Å². The van der Waals surface area contributed by atoms with Gasteiger partial charge in [0.1, 0.15) is 11.3 Å². The van der Waals surface area contributed by atoms with E-state index in [4.69, 9.17) is 10.2 Å². The summed E-state index contributed by atoms with van der Waals surface area (Å²) in [5.74, 6) is -3.51. The number of amides is 1. The first-order valence-electron chi connectivity index (χ1n) is 9.45. The van der Waals surface area contributed by atoms with Gasteiger partial charge in [0.05, 0.1) is 5.94 Å². The van der Waals surface area contributed by atoms with E-state index >= 15 is 0 Å². The third-order valence-corrected chi connectivity index (χ3v) is 4.50. The van der Waals surface area contributed by atoms with Gasteiger partial charge in [-0.2, -0.15) is 0 Å². The molecule has 0 aliphatic rings. The molecule has 30 heavy (non-hydrogen) atoms. The Kier molecular flexibility index (Phi) is 8.81. The molecule has 1 amide bonds. The lowest BCUT2D eigenvalue weighted by molar-refractivity contribution is 0.0693. The highest BCUT2D eigenvalue weighted by atomic mass is 16.4. The number of carboxylic acids is 1. The standard InChI is InChI=1S/C20H25BN2O7/c24-9-3-8-22-12-13-4-1-6-15(10-13)19(26)23-17(21(29)30)11-14-5-2-7-16(18(14)25)20(27)28/h1-2,4-7,10,17,22,24-25,29-30H,3,8-9,11-12H2,(H,23,26)(H,27,28)/t17-/m0/s1. The molecule has 0 aromatic heterocycles. The summed E-state index contributed by atoms with van der Waals surface area (Å²) in [4.78, 5) is 23.7. The number of carboxylic acid groups (broad SMARTS) is 1. The van der Waals surface area contributed by atoms with Crippen LogP contribution >= 0.6 is 0 Å². The van der Waals surface area contributed by atoms with Gasteiger partial charge in [-0.25, -0.2) is 4.79 Å². The topological polar surface area (TPSA) is 159 Å². The van der Waals surface area contributed by atoms with Gasteiger partial charge in [-0.05, 0) is 48.7 Å². The van der Waals surface area contributed by atoms with Crippen molar-refractivity contribution in [2.75, 3.05) is 13.2 Å². The smallest absolute Gasteiger partial charge is 0.475 e. The molecular formula is C20H25BN2O7. The summed E-state index contributed by atoms with van der Waals surface area (Å²) in [5.41, 5.74) is 1.00.